The van der Waals surface area contributed by atoms with E-state index in [1.54, 1.807) is 12.4 Å². The van der Waals surface area contributed by atoms with E-state index in [4.69, 9.17) is 0 Å². The predicted octanol–water partition coefficient (Wildman–Crippen LogP) is 1.48. The van der Waals surface area contributed by atoms with Crippen molar-refractivity contribution in [3.63, 3.8) is 0 Å². The van der Waals surface area contributed by atoms with Gasteiger partial charge in [0.25, 0.3) is 0 Å². The largest absolute Gasteiger partial charge is 0.354 e. The molecule has 0 saturated carbocycles. The maximum absolute atomic E-state index is 11.5. The Bertz CT molecular complexity index is 327. The van der Waals surface area contributed by atoms with Crippen LogP contribution in [0.2, 0.25) is 0 Å². The summed E-state index contributed by atoms with van der Waals surface area (Å²) in [6, 6.07) is 4.20. The fourth-order valence-corrected chi connectivity index (χ4v) is 1.38. The summed E-state index contributed by atoms with van der Waals surface area (Å²) in [5.41, 5.74) is 1.18. The van der Waals surface area contributed by atoms with Crippen LogP contribution in [0.1, 0.15) is 32.3 Å². The minimum absolute atomic E-state index is 0.113. The second-order valence-electron chi connectivity index (χ2n) is 4.16. The molecule has 1 unspecified atom stereocenters. The van der Waals surface area contributed by atoms with Gasteiger partial charge in [-0.05, 0) is 31.0 Å². The lowest BCUT2D eigenvalue weighted by Gasteiger charge is -2.11. The molecular weight excluding hydrogens is 214 g/mol. The van der Waals surface area contributed by atoms with Crippen molar-refractivity contribution in [3.8, 4) is 0 Å². The number of carbonyl (C=O) groups is 1. The molecule has 0 saturated heterocycles. The first-order chi connectivity index (χ1) is 8.22. The van der Waals surface area contributed by atoms with Crippen molar-refractivity contribution in [1.82, 2.24) is 15.6 Å². The molecule has 1 heterocycles. The Kier molecular flexibility index (Phi) is 6.25. The van der Waals surface area contributed by atoms with Gasteiger partial charge in [-0.25, -0.2) is 0 Å². The van der Waals surface area contributed by atoms with Crippen LogP contribution in [0.3, 0.4) is 0 Å². The minimum atomic E-state index is 0.113. The van der Waals surface area contributed by atoms with Gasteiger partial charge in [-0.1, -0.05) is 6.92 Å². The van der Waals surface area contributed by atoms with Gasteiger partial charge < -0.3 is 10.6 Å². The molecule has 0 bridgehead atoms. The molecule has 0 aromatic carbocycles. The van der Waals surface area contributed by atoms with Gasteiger partial charge in [0.05, 0.1) is 0 Å². The normalized spacial score (nSPS) is 12.1. The summed E-state index contributed by atoms with van der Waals surface area (Å²) in [5.74, 6) is 0.113. The molecule has 1 amide bonds. The molecule has 0 aliphatic rings. The van der Waals surface area contributed by atoms with Crippen LogP contribution >= 0.6 is 0 Å². The zero-order chi connectivity index (χ0) is 12.5. The standard InChI is InChI=1S/C13H21N3O/c1-3-11(2)16-13(17)6-9-15-10-12-4-7-14-8-5-12/h4-5,7-8,11,15H,3,6,9-10H2,1-2H3,(H,16,17). The van der Waals surface area contributed by atoms with Crippen molar-refractivity contribution in [1.29, 1.82) is 0 Å². The average Bonchev–Trinajstić information content (AvgIpc) is 2.36. The maximum atomic E-state index is 11.5. The Morgan fingerprint density at radius 2 is 2.12 bits per heavy atom. The third-order valence-corrected chi connectivity index (χ3v) is 2.63. The fraction of sp³-hybridized carbons (Fsp3) is 0.538. The number of amides is 1. The first-order valence-corrected chi connectivity index (χ1v) is 6.11. The quantitative estimate of drug-likeness (QED) is 0.704. The molecule has 1 rings (SSSR count). The van der Waals surface area contributed by atoms with E-state index >= 15 is 0 Å². The summed E-state index contributed by atoms with van der Waals surface area (Å²) in [4.78, 5) is 15.4. The maximum Gasteiger partial charge on any atom is 0.221 e. The molecule has 0 radical (unpaired) electrons. The third-order valence-electron chi connectivity index (χ3n) is 2.63. The van der Waals surface area contributed by atoms with E-state index in [9.17, 15) is 4.79 Å². The molecule has 0 aliphatic carbocycles. The summed E-state index contributed by atoms with van der Waals surface area (Å²) in [6.07, 6.45) is 5.03. The van der Waals surface area contributed by atoms with Gasteiger partial charge in [-0.15, -0.1) is 0 Å². The molecule has 17 heavy (non-hydrogen) atoms. The zero-order valence-electron chi connectivity index (χ0n) is 10.6. The highest BCUT2D eigenvalue weighted by Crippen LogP contribution is 1.95. The van der Waals surface area contributed by atoms with E-state index in [-0.39, 0.29) is 11.9 Å². The SMILES string of the molecule is CCC(C)NC(=O)CCNCc1ccncc1. The van der Waals surface area contributed by atoms with Crippen LogP contribution in [0, 0.1) is 0 Å². The molecule has 2 N–H and O–H groups in total. The van der Waals surface area contributed by atoms with E-state index < -0.39 is 0 Å². The van der Waals surface area contributed by atoms with Crippen LogP contribution in [0.25, 0.3) is 0 Å². The highest BCUT2D eigenvalue weighted by Gasteiger charge is 2.04. The van der Waals surface area contributed by atoms with Crippen molar-refractivity contribution in [2.75, 3.05) is 6.54 Å². The Hall–Kier alpha value is -1.42. The Morgan fingerprint density at radius 3 is 2.76 bits per heavy atom. The van der Waals surface area contributed by atoms with Gasteiger partial charge in [-0.3, -0.25) is 9.78 Å². The second kappa shape index (κ2) is 7.79. The molecule has 1 aromatic heterocycles. The number of aromatic nitrogens is 1. The van der Waals surface area contributed by atoms with Gasteiger partial charge in [0.1, 0.15) is 0 Å². The topological polar surface area (TPSA) is 54.0 Å². The number of nitrogens with zero attached hydrogens (tertiary/aromatic N) is 1. The highest BCUT2D eigenvalue weighted by molar-refractivity contribution is 5.76. The van der Waals surface area contributed by atoms with Crippen molar-refractivity contribution in [2.45, 2.75) is 39.3 Å². The first-order valence-electron chi connectivity index (χ1n) is 6.11. The van der Waals surface area contributed by atoms with Crippen LogP contribution in [-0.4, -0.2) is 23.5 Å². The minimum Gasteiger partial charge on any atom is -0.354 e. The average molecular weight is 235 g/mol. The Labute approximate surface area is 103 Å². The van der Waals surface area contributed by atoms with Crippen molar-refractivity contribution >= 4 is 5.91 Å². The molecule has 1 atom stereocenters. The van der Waals surface area contributed by atoms with Crippen LogP contribution in [0.5, 0.6) is 0 Å². The summed E-state index contributed by atoms with van der Waals surface area (Å²) in [7, 11) is 0. The van der Waals surface area contributed by atoms with Crippen molar-refractivity contribution in [2.24, 2.45) is 0 Å². The third kappa shape index (κ3) is 6.02. The van der Waals surface area contributed by atoms with Gasteiger partial charge >= 0.3 is 0 Å². The van der Waals surface area contributed by atoms with E-state index in [0.29, 0.717) is 13.0 Å². The second-order valence-corrected chi connectivity index (χ2v) is 4.16. The molecule has 4 heteroatoms. The number of hydrogen-bond donors (Lipinski definition) is 2. The zero-order valence-corrected chi connectivity index (χ0v) is 10.6. The molecule has 4 nitrogen and oxygen atoms in total. The number of nitrogens with one attached hydrogen (secondary N) is 2. The number of rotatable bonds is 7. The summed E-state index contributed by atoms with van der Waals surface area (Å²) < 4.78 is 0. The lowest BCUT2D eigenvalue weighted by molar-refractivity contribution is -0.121. The van der Waals surface area contributed by atoms with Gasteiger partial charge in [0.15, 0.2) is 0 Å². The Balaban J connectivity index is 2.10. The van der Waals surface area contributed by atoms with Crippen molar-refractivity contribution in [3.05, 3.63) is 30.1 Å². The van der Waals surface area contributed by atoms with E-state index in [1.807, 2.05) is 19.1 Å². The number of carbonyl (C=O) groups excluding carboxylic acids is 1. The molecule has 0 spiro atoms. The number of hydrogen-bond acceptors (Lipinski definition) is 3. The van der Waals surface area contributed by atoms with Gasteiger partial charge in [0, 0.05) is 37.9 Å². The van der Waals surface area contributed by atoms with E-state index in [2.05, 4.69) is 22.5 Å². The monoisotopic (exact) mass is 235 g/mol. The van der Waals surface area contributed by atoms with Crippen LogP contribution in [0.15, 0.2) is 24.5 Å². The smallest absolute Gasteiger partial charge is 0.221 e. The summed E-state index contributed by atoms with van der Waals surface area (Å²) in [6.45, 7) is 5.55. The lowest BCUT2D eigenvalue weighted by Crippen LogP contribution is -2.33. The summed E-state index contributed by atoms with van der Waals surface area (Å²) >= 11 is 0. The van der Waals surface area contributed by atoms with Gasteiger partial charge in [0.2, 0.25) is 5.91 Å². The number of pyridine rings is 1. The molecule has 1 aromatic rings. The van der Waals surface area contributed by atoms with Crippen molar-refractivity contribution < 1.29 is 4.79 Å². The predicted molar refractivity (Wildman–Crippen MR) is 68.5 cm³/mol. The van der Waals surface area contributed by atoms with E-state index in [0.717, 1.165) is 13.0 Å². The lowest BCUT2D eigenvalue weighted by atomic mass is 10.2. The fourth-order valence-electron chi connectivity index (χ4n) is 1.38. The van der Waals surface area contributed by atoms with Crippen LogP contribution in [0.4, 0.5) is 0 Å². The Morgan fingerprint density at radius 1 is 1.41 bits per heavy atom. The molecule has 94 valence electrons. The first kappa shape index (κ1) is 13.6. The van der Waals surface area contributed by atoms with Crippen LogP contribution in [-0.2, 0) is 11.3 Å². The van der Waals surface area contributed by atoms with Gasteiger partial charge in [-0.2, -0.15) is 0 Å². The molecule has 0 fully saturated rings. The highest BCUT2D eigenvalue weighted by atomic mass is 16.1. The molecule has 0 aliphatic heterocycles. The van der Waals surface area contributed by atoms with Crippen LogP contribution < -0.4 is 10.6 Å². The summed E-state index contributed by atoms with van der Waals surface area (Å²) in [5, 5.41) is 6.17. The molecular formula is C13H21N3O. The van der Waals surface area contributed by atoms with E-state index in [1.165, 1.54) is 5.56 Å².